The third kappa shape index (κ3) is 1.59. The van der Waals surface area contributed by atoms with Crippen LogP contribution in [0.3, 0.4) is 0 Å². The van der Waals surface area contributed by atoms with Gasteiger partial charge in [0.2, 0.25) is 0 Å². The fraction of sp³-hybridized carbons (Fsp3) is 0.143. The minimum Gasteiger partial charge on any atom is -0.489 e. The lowest BCUT2D eigenvalue weighted by molar-refractivity contribution is 0.341. The van der Waals surface area contributed by atoms with Crippen LogP contribution >= 0.6 is 0 Å². The monoisotopic (exact) mass is 284 g/mol. The van der Waals surface area contributed by atoms with Gasteiger partial charge in [-0.05, 0) is 52.0 Å². The molecule has 2 aliphatic rings. The summed E-state index contributed by atoms with van der Waals surface area (Å²) in [4.78, 5) is 0. The molecule has 0 bridgehead atoms. The standard InChI is InChI=1S/C21H16O/c1-3-7-17-14(5-1)9-10-16-13-22-19-12-11-15-6-2-4-8-18(15)21(19)20(16)17/h1-8,11-12H,9-10,13H2. The van der Waals surface area contributed by atoms with Gasteiger partial charge in [-0.15, -0.1) is 0 Å². The summed E-state index contributed by atoms with van der Waals surface area (Å²) < 4.78 is 6.06. The Morgan fingerprint density at radius 1 is 0.773 bits per heavy atom. The predicted octanol–water partition coefficient (Wildman–Crippen LogP) is 4.98. The summed E-state index contributed by atoms with van der Waals surface area (Å²) in [7, 11) is 0. The lowest BCUT2D eigenvalue weighted by Crippen LogP contribution is -2.17. The van der Waals surface area contributed by atoms with E-state index >= 15 is 0 Å². The third-order valence-electron chi connectivity index (χ3n) is 4.88. The number of rotatable bonds is 0. The molecule has 1 heteroatoms. The average Bonchev–Trinajstić information content (AvgIpc) is 2.60. The van der Waals surface area contributed by atoms with Crippen molar-refractivity contribution in [1.82, 2.24) is 0 Å². The van der Waals surface area contributed by atoms with Crippen molar-refractivity contribution in [2.45, 2.75) is 12.8 Å². The summed E-state index contributed by atoms with van der Waals surface area (Å²) in [5.74, 6) is 1.02. The van der Waals surface area contributed by atoms with Crippen molar-refractivity contribution in [2.24, 2.45) is 0 Å². The molecular weight excluding hydrogens is 268 g/mol. The lowest BCUT2D eigenvalue weighted by atomic mass is 9.80. The third-order valence-corrected chi connectivity index (χ3v) is 4.88. The van der Waals surface area contributed by atoms with Gasteiger partial charge in [0.25, 0.3) is 0 Å². The van der Waals surface area contributed by atoms with Gasteiger partial charge in [-0.1, -0.05) is 54.6 Å². The van der Waals surface area contributed by atoms with Crippen molar-refractivity contribution in [3.8, 4) is 5.75 Å². The van der Waals surface area contributed by atoms with E-state index in [9.17, 15) is 0 Å². The SMILES string of the molecule is c1ccc2c(c1)CCC1=C2c2c(ccc3ccccc23)OC1. The van der Waals surface area contributed by atoms with E-state index in [1.165, 1.54) is 38.6 Å². The molecule has 5 rings (SSSR count). The van der Waals surface area contributed by atoms with Crippen LogP contribution in [0.2, 0.25) is 0 Å². The van der Waals surface area contributed by atoms with Crippen LogP contribution < -0.4 is 4.74 Å². The zero-order chi connectivity index (χ0) is 14.5. The van der Waals surface area contributed by atoms with Crippen LogP contribution in [0.5, 0.6) is 5.75 Å². The molecular formula is C21H16O. The number of ether oxygens (including phenoxy) is 1. The smallest absolute Gasteiger partial charge is 0.128 e. The van der Waals surface area contributed by atoms with Gasteiger partial charge in [0.1, 0.15) is 12.4 Å². The number of hydrogen-bond donors (Lipinski definition) is 0. The zero-order valence-electron chi connectivity index (χ0n) is 12.3. The van der Waals surface area contributed by atoms with Crippen molar-refractivity contribution in [3.05, 3.63) is 82.9 Å². The highest BCUT2D eigenvalue weighted by molar-refractivity contribution is 6.02. The fourth-order valence-electron chi connectivity index (χ4n) is 3.83. The van der Waals surface area contributed by atoms with Gasteiger partial charge >= 0.3 is 0 Å². The first-order valence-electron chi connectivity index (χ1n) is 7.87. The lowest BCUT2D eigenvalue weighted by Gasteiger charge is -2.30. The van der Waals surface area contributed by atoms with Crippen LogP contribution in [0.15, 0.2) is 66.2 Å². The molecule has 0 radical (unpaired) electrons. The molecule has 3 aromatic rings. The summed E-state index contributed by atoms with van der Waals surface area (Å²) in [6.45, 7) is 0.731. The van der Waals surface area contributed by atoms with Crippen molar-refractivity contribution >= 4 is 16.3 Å². The Morgan fingerprint density at radius 3 is 2.64 bits per heavy atom. The highest BCUT2D eigenvalue weighted by Crippen LogP contribution is 2.45. The molecule has 0 fully saturated rings. The van der Waals surface area contributed by atoms with Crippen LogP contribution in [0.4, 0.5) is 0 Å². The zero-order valence-corrected chi connectivity index (χ0v) is 12.3. The van der Waals surface area contributed by atoms with E-state index in [1.807, 2.05) is 0 Å². The average molecular weight is 284 g/mol. The minimum absolute atomic E-state index is 0.731. The molecule has 106 valence electrons. The van der Waals surface area contributed by atoms with Crippen molar-refractivity contribution in [1.29, 1.82) is 0 Å². The molecule has 0 saturated carbocycles. The molecule has 0 spiro atoms. The molecule has 1 aliphatic heterocycles. The van der Waals surface area contributed by atoms with Crippen LogP contribution in [0, 0.1) is 0 Å². The summed E-state index contributed by atoms with van der Waals surface area (Å²) >= 11 is 0. The Morgan fingerprint density at radius 2 is 1.64 bits per heavy atom. The van der Waals surface area contributed by atoms with E-state index in [4.69, 9.17) is 4.74 Å². The highest BCUT2D eigenvalue weighted by Gasteiger charge is 2.27. The molecule has 22 heavy (non-hydrogen) atoms. The second-order valence-corrected chi connectivity index (χ2v) is 6.08. The Balaban J connectivity index is 1.89. The van der Waals surface area contributed by atoms with E-state index in [0.717, 1.165) is 25.2 Å². The first-order chi connectivity index (χ1) is 10.9. The van der Waals surface area contributed by atoms with Crippen LogP contribution in [0.1, 0.15) is 23.1 Å². The number of aryl methyl sites for hydroxylation is 1. The molecule has 0 aromatic heterocycles. The first kappa shape index (κ1) is 12.0. The van der Waals surface area contributed by atoms with Gasteiger partial charge < -0.3 is 4.74 Å². The van der Waals surface area contributed by atoms with E-state index in [2.05, 4.69) is 60.7 Å². The fourth-order valence-corrected chi connectivity index (χ4v) is 3.83. The summed E-state index contributed by atoms with van der Waals surface area (Å²) in [6, 6.07) is 21.7. The van der Waals surface area contributed by atoms with Crippen LogP contribution in [-0.2, 0) is 6.42 Å². The van der Waals surface area contributed by atoms with Crippen molar-refractivity contribution < 1.29 is 4.74 Å². The molecule has 1 aliphatic carbocycles. The van der Waals surface area contributed by atoms with Crippen molar-refractivity contribution in [2.75, 3.05) is 6.61 Å². The highest BCUT2D eigenvalue weighted by atomic mass is 16.5. The Kier molecular flexibility index (Phi) is 2.45. The Bertz CT molecular complexity index is 930. The molecule has 0 N–H and O–H groups in total. The molecule has 1 nitrogen and oxygen atoms in total. The van der Waals surface area contributed by atoms with Gasteiger partial charge in [-0.2, -0.15) is 0 Å². The van der Waals surface area contributed by atoms with Crippen molar-refractivity contribution in [3.63, 3.8) is 0 Å². The summed E-state index contributed by atoms with van der Waals surface area (Å²) in [5, 5.41) is 2.57. The number of benzene rings is 3. The summed E-state index contributed by atoms with van der Waals surface area (Å²) in [5.41, 5.74) is 7.00. The van der Waals surface area contributed by atoms with Gasteiger partial charge in [-0.25, -0.2) is 0 Å². The first-order valence-corrected chi connectivity index (χ1v) is 7.87. The van der Waals surface area contributed by atoms with E-state index in [-0.39, 0.29) is 0 Å². The molecule has 3 aromatic carbocycles. The molecule has 1 heterocycles. The normalized spacial score (nSPS) is 15.8. The topological polar surface area (TPSA) is 9.23 Å². The minimum atomic E-state index is 0.731. The maximum Gasteiger partial charge on any atom is 0.128 e. The molecule has 0 amide bonds. The number of hydrogen-bond acceptors (Lipinski definition) is 1. The van der Waals surface area contributed by atoms with Crippen LogP contribution in [-0.4, -0.2) is 6.61 Å². The molecule has 0 unspecified atom stereocenters. The van der Waals surface area contributed by atoms with Gasteiger partial charge in [0, 0.05) is 5.56 Å². The van der Waals surface area contributed by atoms with Gasteiger partial charge in [0.15, 0.2) is 0 Å². The quantitative estimate of drug-likeness (QED) is 0.565. The Hall–Kier alpha value is -2.54. The molecule has 0 saturated heterocycles. The van der Waals surface area contributed by atoms with E-state index in [1.54, 1.807) is 0 Å². The predicted molar refractivity (Wildman–Crippen MR) is 90.2 cm³/mol. The van der Waals surface area contributed by atoms with E-state index < -0.39 is 0 Å². The summed E-state index contributed by atoms with van der Waals surface area (Å²) in [6.07, 6.45) is 2.23. The Labute approximate surface area is 129 Å². The number of fused-ring (bicyclic) bond motifs is 6. The van der Waals surface area contributed by atoms with Crippen LogP contribution in [0.25, 0.3) is 16.3 Å². The van der Waals surface area contributed by atoms with Gasteiger partial charge in [-0.3, -0.25) is 0 Å². The maximum atomic E-state index is 6.06. The second-order valence-electron chi connectivity index (χ2n) is 6.08. The van der Waals surface area contributed by atoms with E-state index in [0.29, 0.717) is 0 Å². The largest absolute Gasteiger partial charge is 0.489 e. The molecule has 0 atom stereocenters. The second kappa shape index (κ2) is 4.48. The maximum absolute atomic E-state index is 6.06. The van der Waals surface area contributed by atoms with Gasteiger partial charge in [0.05, 0.1) is 0 Å².